The molecule has 3 rings (SSSR count). The van der Waals surface area contributed by atoms with Crippen LogP contribution < -0.4 is 24.4 Å². The van der Waals surface area contributed by atoms with Crippen LogP contribution in [0.2, 0.25) is 0 Å². The number of carbonyl (C=O) groups is 2. The van der Waals surface area contributed by atoms with Gasteiger partial charge in [0.15, 0.2) is 24.2 Å². The summed E-state index contributed by atoms with van der Waals surface area (Å²) >= 11 is 0. The molecule has 1 aliphatic rings. The van der Waals surface area contributed by atoms with Gasteiger partial charge in [-0.05, 0) is 31.2 Å². The minimum atomic E-state index is -0.774. The van der Waals surface area contributed by atoms with E-state index in [4.69, 9.17) is 14.2 Å². The van der Waals surface area contributed by atoms with Gasteiger partial charge < -0.3 is 24.4 Å². The third-order valence-corrected chi connectivity index (χ3v) is 4.11. The molecule has 0 bridgehead atoms. The average Bonchev–Trinajstić information content (AvgIpc) is 2.71. The van der Waals surface area contributed by atoms with Crippen molar-refractivity contribution >= 4 is 17.5 Å². The quantitative estimate of drug-likeness (QED) is 0.842. The highest BCUT2D eigenvalue weighted by atomic mass is 16.5. The summed E-state index contributed by atoms with van der Waals surface area (Å²) < 4.78 is 16.9. The van der Waals surface area contributed by atoms with Gasteiger partial charge in [-0.15, -0.1) is 0 Å². The van der Waals surface area contributed by atoms with E-state index in [2.05, 4.69) is 5.32 Å². The zero-order chi connectivity index (χ0) is 19.2. The maximum Gasteiger partial charge on any atom is 0.265 e. The molecule has 1 aliphatic heterocycles. The Balaban J connectivity index is 1.76. The van der Waals surface area contributed by atoms with E-state index in [1.807, 2.05) is 25.1 Å². The zero-order valence-corrected chi connectivity index (χ0v) is 15.3. The fourth-order valence-corrected chi connectivity index (χ4v) is 2.83. The smallest absolute Gasteiger partial charge is 0.265 e. The third kappa shape index (κ3) is 4.13. The fourth-order valence-electron chi connectivity index (χ4n) is 2.83. The molecule has 2 amide bonds. The molecule has 0 saturated carbocycles. The van der Waals surface area contributed by atoms with Gasteiger partial charge in [0.25, 0.3) is 11.8 Å². The molecule has 0 radical (unpaired) electrons. The van der Waals surface area contributed by atoms with Crippen LogP contribution >= 0.6 is 0 Å². The maximum atomic E-state index is 12.8. The maximum absolute atomic E-state index is 12.8. The van der Waals surface area contributed by atoms with Crippen molar-refractivity contribution in [2.45, 2.75) is 13.0 Å². The summed E-state index contributed by atoms with van der Waals surface area (Å²) in [5.41, 5.74) is 0.615. The number of likely N-dealkylation sites (N-methyl/N-ethyl adjacent to an activating group) is 1. The third-order valence-electron chi connectivity index (χ3n) is 4.11. The molecule has 0 fully saturated rings. The predicted octanol–water partition coefficient (Wildman–Crippen LogP) is 2.00. The summed E-state index contributed by atoms with van der Waals surface area (Å²) in [4.78, 5) is 26.4. The van der Waals surface area contributed by atoms with Crippen LogP contribution in [-0.4, -0.2) is 44.7 Å². The second kappa shape index (κ2) is 8.44. The van der Waals surface area contributed by atoms with E-state index in [1.54, 1.807) is 30.3 Å². The number of hydrogen-bond donors (Lipinski definition) is 1. The molecule has 0 spiro atoms. The van der Waals surface area contributed by atoms with Crippen LogP contribution in [-0.2, 0) is 9.59 Å². The van der Waals surface area contributed by atoms with Crippen molar-refractivity contribution in [3.8, 4) is 17.2 Å². The van der Waals surface area contributed by atoms with Crippen LogP contribution in [0.3, 0.4) is 0 Å². The van der Waals surface area contributed by atoms with Crippen molar-refractivity contribution in [2.24, 2.45) is 0 Å². The second-order valence-corrected chi connectivity index (χ2v) is 5.86. The first-order valence-electron chi connectivity index (χ1n) is 8.76. The van der Waals surface area contributed by atoms with Crippen molar-refractivity contribution < 1.29 is 23.8 Å². The van der Waals surface area contributed by atoms with Crippen molar-refractivity contribution in [3.05, 3.63) is 48.5 Å². The number of ether oxygens (including phenoxy) is 3. The molecule has 2 aromatic carbocycles. The molecular weight excluding hydrogens is 348 g/mol. The molecule has 0 aromatic heterocycles. The van der Waals surface area contributed by atoms with Crippen LogP contribution in [0.5, 0.6) is 17.2 Å². The lowest BCUT2D eigenvalue weighted by molar-refractivity contribution is -0.128. The van der Waals surface area contributed by atoms with E-state index < -0.39 is 6.10 Å². The van der Waals surface area contributed by atoms with Crippen LogP contribution in [0, 0.1) is 0 Å². The number of fused-ring (bicyclic) bond motifs is 1. The Kier molecular flexibility index (Phi) is 5.80. The Morgan fingerprint density at radius 1 is 1.11 bits per heavy atom. The van der Waals surface area contributed by atoms with Gasteiger partial charge in [0.05, 0.1) is 18.8 Å². The largest absolute Gasteiger partial charge is 0.490 e. The highest BCUT2D eigenvalue weighted by Crippen LogP contribution is 2.33. The van der Waals surface area contributed by atoms with Gasteiger partial charge >= 0.3 is 0 Å². The number of nitrogens with one attached hydrogen (secondary N) is 1. The van der Waals surface area contributed by atoms with Crippen LogP contribution in [0.4, 0.5) is 5.69 Å². The van der Waals surface area contributed by atoms with Crippen LogP contribution in [0.25, 0.3) is 0 Å². The Labute approximate surface area is 157 Å². The van der Waals surface area contributed by atoms with Gasteiger partial charge in [-0.1, -0.05) is 24.3 Å². The SMILES string of the molecule is CCOc1ccccc1OCC(=O)N1C[C@@H](C(=O)NC)Oc2ccccc21. The van der Waals surface area contributed by atoms with E-state index in [9.17, 15) is 9.59 Å². The number of nitrogens with zero attached hydrogens (tertiary/aromatic N) is 1. The first-order chi connectivity index (χ1) is 13.1. The summed E-state index contributed by atoms with van der Waals surface area (Å²) in [6, 6.07) is 14.3. The number of anilines is 1. The Morgan fingerprint density at radius 2 is 1.78 bits per heavy atom. The van der Waals surface area contributed by atoms with Gasteiger partial charge in [0.2, 0.25) is 0 Å². The Hall–Kier alpha value is -3.22. The van der Waals surface area contributed by atoms with Gasteiger partial charge in [0.1, 0.15) is 5.75 Å². The summed E-state index contributed by atoms with van der Waals surface area (Å²) in [6.07, 6.45) is -0.774. The number of hydrogen-bond acceptors (Lipinski definition) is 5. The topological polar surface area (TPSA) is 77.1 Å². The Bertz CT molecular complexity index is 824. The van der Waals surface area contributed by atoms with Crippen molar-refractivity contribution in [1.82, 2.24) is 5.32 Å². The molecule has 27 heavy (non-hydrogen) atoms. The lowest BCUT2D eigenvalue weighted by Crippen LogP contribution is -2.51. The summed E-state index contributed by atoms with van der Waals surface area (Å²) in [5, 5.41) is 2.55. The minimum absolute atomic E-state index is 0.117. The average molecular weight is 370 g/mol. The van der Waals surface area contributed by atoms with E-state index in [-0.39, 0.29) is 25.0 Å². The second-order valence-electron chi connectivity index (χ2n) is 5.86. The van der Waals surface area contributed by atoms with Crippen LogP contribution in [0.1, 0.15) is 6.92 Å². The van der Waals surface area contributed by atoms with Crippen molar-refractivity contribution in [1.29, 1.82) is 0 Å². The van der Waals surface area contributed by atoms with Gasteiger partial charge in [0, 0.05) is 7.05 Å². The molecule has 1 atom stereocenters. The predicted molar refractivity (Wildman–Crippen MR) is 100 cm³/mol. The van der Waals surface area contributed by atoms with Gasteiger partial charge in [-0.25, -0.2) is 0 Å². The molecule has 2 aromatic rings. The number of carbonyl (C=O) groups excluding carboxylic acids is 2. The van der Waals surface area contributed by atoms with Gasteiger partial charge in [-0.2, -0.15) is 0 Å². The molecule has 0 aliphatic carbocycles. The van der Waals surface area contributed by atoms with E-state index in [0.29, 0.717) is 29.5 Å². The molecule has 1 N–H and O–H groups in total. The van der Waals surface area contributed by atoms with E-state index in [1.165, 1.54) is 11.9 Å². The molecule has 0 saturated heterocycles. The van der Waals surface area contributed by atoms with Gasteiger partial charge in [-0.3, -0.25) is 9.59 Å². The molecule has 0 unspecified atom stereocenters. The lowest BCUT2D eigenvalue weighted by atomic mass is 10.1. The lowest BCUT2D eigenvalue weighted by Gasteiger charge is -2.33. The molecule has 7 heteroatoms. The van der Waals surface area contributed by atoms with E-state index >= 15 is 0 Å². The summed E-state index contributed by atoms with van der Waals surface area (Å²) in [5.74, 6) is 1.01. The number of benzene rings is 2. The zero-order valence-electron chi connectivity index (χ0n) is 15.3. The van der Waals surface area contributed by atoms with Crippen molar-refractivity contribution in [2.75, 3.05) is 31.7 Å². The first kappa shape index (κ1) is 18.6. The number of amides is 2. The molecular formula is C20H22N2O5. The summed E-state index contributed by atoms with van der Waals surface area (Å²) in [6.45, 7) is 2.31. The summed E-state index contributed by atoms with van der Waals surface area (Å²) in [7, 11) is 1.53. The normalized spacial score (nSPS) is 15.3. The minimum Gasteiger partial charge on any atom is -0.490 e. The Morgan fingerprint density at radius 3 is 2.48 bits per heavy atom. The fraction of sp³-hybridized carbons (Fsp3) is 0.300. The van der Waals surface area contributed by atoms with Crippen molar-refractivity contribution in [3.63, 3.8) is 0 Å². The number of rotatable bonds is 6. The molecule has 7 nitrogen and oxygen atoms in total. The monoisotopic (exact) mass is 370 g/mol. The molecule has 1 heterocycles. The van der Waals surface area contributed by atoms with Crippen LogP contribution in [0.15, 0.2) is 48.5 Å². The highest BCUT2D eigenvalue weighted by molar-refractivity contribution is 5.98. The highest BCUT2D eigenvalue weighted by Gasteiger charge is 2.33. The van der Waals surface area contributed by atoms with E-state index in [0.717, 1.165) is 0 Å². The number of para-hydroxylation sites is 4. The standard InChI is InChI=1S/C20H22N2O5/c1-3-25-16-10-6-7-11-17(16)26-13-19(23)22-12-18(20(24)21-2)27-15-9-5-4-8-14(15)22/h4-11,18H,3,12-13H2,1-2H3,(H,21,24)/t18-/m0/s1. The first-order valence-corrected chi connectivity index (χ1v) is 8.76. The molecule has 142 valence electrons.